The number of hydrogen-bond acceptors (Lipinski definition) is 1. The van der Waals surface area contributed by atoms with Gasteiger partial charge < -0.3 is 98.8 Å². The molecule has 0 unspecified atom stereocenters. The summed E-state index contributed by atoms with van der Waals surface area (Å²) < 4.78 is 0. The Morgan fingerprint density at radius 1 is 0.636 bits per heavy atom. The Labute approximate surface area is 317 Å². The van der Waals surface area contributed by atoms with E-state index >= 15 is 0 Å². The summed E-state index contributed by atoms with van der Waals surface area (Å²) in [7, 11) is 0. The van der Waals surface area contributed by atoms with Gasteiger partial charge in [0, 0.05) is 0 Å². The fraction of sp³-hybridized carbons (Fsp3) is 0.188. The van der Waals surface area contributed by atoms with Crippen molar-refractivity contribution in [3.05, 3.63) is 87.1 Å². The molecule has 2 nitrogen and oxygen atoms in total. The van der Waals surface area contributed by atoms with Crippen LogP contribution in [0, 0.1) is 105 Å². The standard InChI is InChI=1S/C8H13NO.8CH3.4K/c1-5(2)6(3)7(4)8(9)10;;;;;;;;;;;;/h5-7H,1-4H2,(H2,9,10);8*1H3;;;;/q-4;8*-1;4*+1/t6-,7+;;;;;;;;;;;;/m1............/s1. The molecule has 0 aromatic rings. The third kappa shape index (κ3) is 50.2. The molecular weight excluding hydrogens is 379 g/mol. The van der Waals surface area contributed by atoms with Gasteiger partial charge in [0.25, 0.3) is 0 Å². The van der Waals surface area contributed by atoms with Crippen LogP contribution in [0.15, 0.2) is 0 Å². The summed E-state index contributed by atoms with van der Waals surface area (Å²) in [5.41, 5.74) is 4.98. The number of carbonyl (C=O) groups is 1. The quantitative estimate of drug-likeness (QED) is 0.361. The topological polar surface area (TPSA) is 43.1 Å². The summed E-state index contributed by atoms with van der Waals surface area (Å²) in [5, 5.41) is 0. The zero-order valence-corrected chi connectivity index (χ0v) is 30.5. The largest absolute Gasteiger partial charge is 1.00 e. The Hall–Kier alpha value is 6.02. The average molecular weight is 416 g/mol. The van der Waals surface area contributed by atoms with Gasteiger partial charge in [0.15, 0.2) is 5.91 Å². The molecule has 0 aliphatic carbocycles. The van der Waals surface area contributed by atoms with E-state index in [0.717, 1.165) is 0 Å². The molecular formula is C16H37K4NO-8. The number of rotatable bonds is 3. The van der Waals surface area contributed by atoms with Gasteiger partial charge in [0.1, 0.15) is 0 Å². The smallest absolute Gasteiger partial charge is 0.372 e. The molecule has 0 radical (unpaired) electrons. The minimum Gasteiger partial charge on any atom is -0.372 e. The van der Waals surface area contributed by atoms with Gasteiger partial charge in [-0.25, -0.2) is 5.92 Å². The van der Waals surface area contributed by atoms with E-state index in [1.54, 1.807) is 0 Å². The number of amides is 1. The van der Waals surface area contributed by atoms with Crippen LogP contribution in [-0.4, -0.2) is 5.91 Å². The van der Waals surface area contributed by atoms with E-state index in [1.165, 1.54) is 0 Å². The maximum absolute atomic E-state index is 10.5. The summed E-state index contributed by atoms with van der Waals surface area (Å²) in [6, 6.07) is 0. The summed E-state index contributed by atoms with van der Waals surface area (Å²) in [6.45, 7) is 14.5. The molecule has 0 rings (SSSR count). The molecule has 124 valence electrons. The first-order chi connectivity index (χ1) is 4.46. The van der Waals surface area contributed by atoms with E-state index in [2.05, 4.69) is 27.7 Å². The maximum Gasteiger partial charge on any atom is 1.00 e. The number of hydrogen-bond donors (Lipinski definition) is 1. The van der Waals surface area contributed by atoms with E-state index in [-0.39, 0.29) is 277 Å². The molecule has 0 aliphatic heterocycles. The molecule has 1 amide bonds. The first kappa shape index (κ1) is 90.7. The summed E-state index contributed by atoms with van der Waals surface area (Å²) in [6.07, 6.45) is 0. The third-order valence-corrected chi connectivity index (χ3v) is 1.49. The van der Waals surface area contributed by atoms with Gasteiger partial charge in [0.2, 0.25) is 0 Å². The second kappa shape index (κ2) is 56.3. The predicted molar refractivity (Wildman–Crippen MR) is 92.4 cm³/mol. The van der Waals surface area contributed by atoms with Crippen LogP contribution in [0.3, 0.4) is 0 Å². The van der Waals surface area contributed by atoms with Crippen LogP contribution in [0.1, 0.15) is 0 Å². The van der Waals surface area contributed by atoms with Crippen LogP contribution in [-0.2, 0) is 4.79 Å². The zero-order valence-electron chi connectivity index (χ0n) is 18.0. The van der Waals surface area contributed by atoms with E-state index in [9.17, 15) is 4.79 Å². The monoisotopic (exact) mass is 415 g/mol. The molecule has 0 saturated carbocycles. The van der Waals surface area contributed by atoms with Crippen molar-refractivity contribution in [3.8, 4) is 0 Å². The predicted octanol–water partition coefficient (Wildman–Crippen LogP) is -7.73. The van der Waals surface area contributed by atoms with Crippen molar-refractivity contribution in [2.24, 2.45) is 23.5 Å². The second-order valence-corrected chi connectivity index (χ2v) is 2.43. The van der Waals surface area contributed by atoms with Gasteiger partial charge in [-0.05, 0) is 0 Å². The Morgan fingerprint density at radius 3 is 0.864 bits per heavy atom. The fourth-order valence-electron chi connectivity index (χ4n) is 0.540. The molecule has 0 spiro atoms. The van der Waals surface area contributed by atoms with Crippen molar-refractivity contribution in [3.63, 3.8) is 0 Å². The third-order valence-electron chi connectivity index (χ3n) is 1.49. The molecule has 0 saturated heterocycles. The van der Waals surface area contributed by atoms with Crippen LogP contribution < -0.4 is 211 Å². The van der Waals surface area contributed by atoms with Gasteiger partial charge >= 0.3 is 206 Å². The van der Waals surface area contributed by atoms with Crippen LogP contribution in [0.4, 0.5) is 0 Å². The van der Waals surface area contributed by atoms with Gasteiger partial charge in [-0.3, -0.25) is 4.79 Å². The molecule has 0 bridgehead atoms. The summed E-state index contributed by atoms with van der Waals surface area (Å²) in [4.78, 5) is 10.5. The Bertz CT molecular complexity index is 137. The van der Waals surface area contributed by atoms with Crippen molar-refractivity contribution >= 4 is 5.91 Å². The Morgan fingerprint density at radius 2 is 0.818 bits per heavy atom. The van der Waals surface area contributed by atoms with Gasteiger partial charge in [-0.15, -0.1) is 5.92 Å². The van der Waals surface area contributed by atoms with Crippen LogP contribution in [0.25, 0.3) is 0 Å². The molecule has 0 aromatic heterocycles. The van der Waals surface area contributed by atoms with E-state index in [4.69, 9.17) is 5.73 Å². The molecule has 2 N–H and O–H groups in total. The first-order valence-corrected chi connectivity index (χ1v) is 3.08. The SMILES string of the molecule is [CH2-]C([CH2-])[C@@H]([CH2-])[C@H]([CH2-])C(N)=O.[CH3-].[CH3-].[CH3-].[CH3-].[CH3-].[CH3-].[CH3-].[CH3-].[K+].[K+].[K+].[K+]. The molecule has 22 heavy (non-hydrogen) atoms. The van der Waals surface area contributed by atoms with E-state index in [0.29, 0.717) is 0 Å². The minimum atomic E-state index is -0.486. The number of primary amides is 1. The molecule has 2 atom stereocenters. The van der Waals surface area contributed by atoms with E-state index < -0.39 is 11.8 Å². The molecule has 0 aliphatic rings. The molecule has 6 heteroatoms. The van der Waals surface area contributed by atoms with Crippen molar-refractivity contribution in [2.45, 2.75) is 0 Å². The van der Waals surface area contributed by atoms with Crippen molar-refractivity contribution in [2.75, 3.05) is 0 Å². The molecule has 0 fully saturated rings. The fourth-order valence-corrected chi connectivity index (χ4v) is 0.540. The van der Waals surface area contributed by atoms with Crippen molar-refractivity contribution in [1.29, 1.82) is 0 Å². The zero-order chi connectivity index (χ0) is 8.31. The average Bonchev–Trinajstić information content (AvgIpc) is 1.84. The van der Waals surface area contributed by atoms with Crippen LogP contribution in [0.5, 0.6) is 0 Å². The first-order valence-electron chi connectivity index (χ1n) is 3.08. The molecule has 0 aromatic carbocycles. The van der Waals surface area contributed by atoms with Gasteiger partial charge in [-0.1, -0.05) is 0 Å². The summed E-state index contributed by atoms with van der Waals surface area (Å²) in [5.74, 6) is -1.27. The maximum atomic E-state index is 10.5. The van der Waals surface area contributed by atoms with Crippen molar-refractivity contribution < 1.29 is 210 Å². The number of carbonyl (C=O) groups excluding carboxylic acids is 1. The Balaban J connectivity index is -0.00000000614. The minimum absolute atomic E-state index is 0. The van der Waals surface area contributed by atoms with Crippen LogP contribution >= 0.6 is 0 Å². The Kier molecular flexibility index (Phi) is 232. The number of nitrogens with two attached hydrogens (primary N) is 1. The second-order valence-electron chi connectivity index (χ2n) is 2.43. The summed E-state index contributed by atoms with van der Waals surface area (Å²) >= 11 is 0. The van der Waals surface area contributed by atoms with E-state index in [1.807, 2.05) is 0 Å². The van der Waals surface area contributed by atoms with Gasteiger partial charge in [-0.2, -0.15) is 0 Å². The normalized spacial score (nSPS) is 7.68. The molecule has 0 heterocycles. The van der Waals surface area contributed by atoms with Crippen LogP contribution in [0.2, 0.25) is 0 Å². The van der Waals surface area contributed by atoms with Gasteiger partial charge in [0.05, 0.1) is 0 Å². The van der Waals surface area contributed by atoms with Crippen molar-refractivity contribution in [1.82, 2.24) is 0 Å².